The number of carbonyl (C=O) groups is 1. The molecule has 2 aromatic rings. The van der Waals surface area contributed by atoms with Gasteiger partial charge in [-0.25, -0.2) is 0 Å². The number of ether oxygens (including phenoxy) is 1. The first kappa shape index (κ1) is 16.3. The van der Waals surface area contributed by atoms with Crippen molar-refractivity contribution in [3.05, 3.63) is 54.1 Å². The molecule has 5 nitrogen and oxygen atoms in total. The molecule has 1 heterocycles. The first-order valence-electron chi connectivity index (χ1n) is 8.13. The zero-order valence-corrected chi connectivity index (χ0v) is 14.1. The summed E-state index contributed by atoms with van der Waals surface area (Å²) in [7, 11) is 4.06. The Labute approximate surface area is 142 Å². The molecule has 1 atom stereocenters. The van der Waals surface area contributed by atoms with Crippen LogP contribution in [0.5, 0.6) is 5.75 Å². The van der Waals surface area contributed by atoms with E-state index in [0.29, 0.717) is 18.0 Å². The molecule has 0 saturated carbocycles. The SMILES string of the molecule is CN(C)CCCN1C(=O)C(c2ccccc2)Oc2cc(N)ccc21. The van der Waals surface area contributed by atoms with Crippen molar-refractivity contribution < 1.29 is 9.53 Å². The fraction of sp³-hybridized carbons (Fsp3) is 0.316. The fourth-order valence-electron chi connectivity index (χ4n) is 2.90. The Balaban J connectivity index is 1.92. The number of amides is 1. The first-order chi connectivity index (χ1) is 11.6. The van der Waals surface area contributed by atoms with Gasteiger partial charge < -0.3 is 20.3 Å². The molecule has 1 unspecified atom stereocenters. The van der Waals surface area contributed by atoms with E-state index >= 15 is 0 Å². The van der Waals surface area contributed by atoms with Gasteiger partial charge in [0.2, 0.25) is 6.10 Å². The highest BCUT2D eigenvalue weighted by molar-refractivity contribution is 6.00. The van der Waals surface area contributed by atoms with E-state index in [0.717, 1.165) is 24.2 Å². The van der Waals surface area contributed by atoms with Gasteiger partial charge in [0.05, 0.1) is 5.69 Å². The lowest BCUT2D eigenvalue weighted by Gasteiger charge is -2.35. The molecule has 0 fully saturated rings. The van der Waals surface area contributed by atoms with Gasteiger partial charge in [-0.3, -0.25) is 4.79 Å². The van der Waals surface area contributed by atoms with Crippen LogP contribution in [0.4, 0.5) is 11.4 Å². The normalized spacial score (nSPS) is 16.9. The average Bonchev–Trinajstić information content (AvgIpc) is 2.57. The maximum absolute atomic E-state index is 13.0. The first-order valence-corrected chi connectivity index (χ1v) is 8.13. The van der Waals surface area contributed by atoms with Crippen LogP contribution in [0.3, 0.4) is 0 Å². The molecule has 1 aliphatic heterocycles. The molecule has 1 amide bonds. The Morgan fingerprint density at radius 1 is 1.17 bits per heavy atom. The molecule has 2 aromatic carbocycles. The van der Waals surface area contributed by atoms with E-state index in [1.165, 1.54) is 0 Å². The summed E-state index contributed by atoms with van der Waals surface area (Å²) in [5.41, 5.74) is 8.17. The van der Waals surface area contributed by atoms with Crippen LogP contribution in [0.2, 0.25) is 0 Å². The minimum Gasteiger partial charge on any atom is -0.474 e. The fourth-order valence-corrected chi connectivity index (χ4v) is 2.90. The topological polar surface area (TPSA) is 58.8 Å². The summed E-state index contributed by atoms with van der Waals surface area (Å²) >= 11 is 0. The quantitative estimate of drug-likeness (QED) is 0.859. The lowest BCUT2D eigenvalue weighted by Crippen LogP contribution is -2.42. The average molecular weight is 325 g/mol. The molecule has 24 heavy (non-hydrogen) atoms. The van der Waals surface area contributed by atoms with Crippen molar-refractivity contribution in [2.75, 3.05) is 37.8 Å². The van der Waals surface area contributed by atoms with E-state index in [1.54, 1.807) is 12.1 Å². The maximum atomic E-state index is 13.0. The second-order valence-electron chi connectivity index (χ2n) is 6.28. The smallest absolute Gasteiger partial charge is 0.272 e. The monoisotopic (exact) mass is 325 g/mol. The van der Waals surface area contributed by atoms with Crippen molar-refractivity contribution in [3.63, 3.8) is 0 Å². The number of carbonyl (C=O) groups excluding carboxylic acids is 1. The molecule has 0 spiro atoms. The number of hydrogen-bond acceptors (Lipinski definition) is 4. The number of nitrogen functional groups attached to an aromatic ring is 1. The lowest BCUT2D eigenvalue weighted by molar-refractivity contribution is -0.126. The number of nitrogens with zero attached hydrogens (tertiary/aromatic N) is 2. The molecule has 1 aliphatic rings. The third-order valence-corrected chi connectivity index (χ3v) is 4.10. The highest BCUT2D eigenvalue weighted by atomic mass is 16.5. The van der Waals surface area contributed by atoms with Crippen LogP contribution in [0.1, 0.15) is 18.1 Å². The molecule has 0 radical (unpaired) electrons. The van der Waals surface area contributed by atoms with Gasteiger partial charge in [-0.2, -0.15) is 0 Å². The van der Waals surface area contributed by atoms with E-state index < -0.39 is 6.10 Å². The van der Waals surface area contributed by atoms with E-state index in [9.17, 15) is 4.79 Å². The molecular weight excluding hydrogens is 302 g/mol. The van der Waals surface area contributed by atoms with Crippen molar-refractivity contribution in [2.24, 2.45) is 0 Å². The molecule has 126 valence electrons. The van der Waals surface area contributed by atoms with Crippen molar-refractivity contribution in [3.8, 4) is 5.75 Å². The summed E-state index contributed by atoms with van der Waals surface area (Å²) in [5.74, 6) is 0.630. The van der Waals surface area contributed by atoms with E-state index in [-0.39, 0.29) is 5.91 Å². The molecule has 0 aliphatic carbocycles. The zero-order chi connectivity index (χ0) is 17.1. The van der Waals surface area contributed by atoms with Crippen molar-refractivity contribution in [2.45, 2.75) is 12.5 Å². The third kappa shape index (κ3) is 3.36. The van der Waals surface area contributed by atoms with Crippen molar-refractivity contribution >= 4 is 17.3 Å². The Morgan fingerprint density at radius 2 is 1.92 bits per heavy atom. The van der Waals surface area contributed by atoms with Crippen LogP contribution in [0.15, 0.2) is 48.5 Å². The van der Waals surface area contributed by atoms with Gasteiger partial charge in [0.1, 0.15) is 5.75 Å². The number of benzene rings is 2. The molecule has 0 bridgehead atoms. The van der Waals surface area contributed by atoms with Crippen LogP contribution in [-0.4, -0.2) is 38.0 Å². The third-order valence-electron chi connectivity index (χ3n) is 4.10. The van der Waals surface area contributed by atoms with Gasteiger partial charge in [-0.05, 0) is 39.2 Å². The van der Waals surface area contributed by atoms with Gasteiger partial charge in [-0.15, -0.1) is 0 Å². The van der Waals surface area contributed by atoms with E-state index in [2.05, 4.69) is 4.90 Å². The van der Waals surface area contributed by atoms with Crippen LogP contribution < -0.4 is 15.4 Å². The lowest BCUT2D eigenvalue weighted by atomic mass is 10.0. The molecule has 0 saturated heterocycles. The summed E-state index contributed by atoms with van der Waals surface area (Å²) in [6.07, 6.45) is 0.268. The standard InChI is InChI=1S/C19H23N3O2/c1-21(2)11-6-12-22-16-10-9-15(20)13-17(16)24-18(19(22)23)14-7-4-3-5-8-14/h3-5,7-10,13,18H,6,11-12,20H2,1-2H3. The number of nitrogens with two attached hydrogens (primary N) is 1. The Bertz CT molecular complexity index is 716. The summed E-state index contributed by atoms with van der Waals surface area (Å²) in [5, 5.41) is 0. The number of rotatable bonds is 5. The van der Waals surface area contributed by atoms with Gasteiger partial charge in [0, 0.05) is 23.9 Å². The minimum atomic E-state index is -0.625. The zero-order valence-electron chi connectivity index (χ0n) is 14.1. The summed E-state index contributed by atoms with van der Waals surface area (Å²) < 4.78 is 5.99. The molecule has 2 N–H and O–H groups in total. The number of fused-ring (bicyclic) bond motifs is 1. The largest absolute Gasteiger partial charge is 0.474 e. The highest BCUT2D eigenvalue weighted by Gasteiger charge is 2.35. The van der Waals surface area contributed by atoms with Gasteiger partial charge in [-0.1, -0.05) is 30.3 Å². The van der Waals surface area contributed by atoms with Crippen LogP contribution >= 0.6 is 0 Å². The van der Waals surface area contributed by atoms with E-state index in [1.807, 2.05) is 55.4 Å². The van der Waals surface area contributed by atoms with Crippen LogP contribution in [-0.2, 0) is 4.79 Å². The van der Waals surface area contributed by atoms with Crippen molar-refractivity contribution in [1.82, 2.24) is 4.90 Å². The van der Waals surface area contributed by atoms with Gasteiger partial charge in [0.15, 0.2) is 0 Å². The Morgan fingerprint density at radius 3 is 2.62 bits per heavy atom. The molecular formula is C19H23N3O2. The predicted molar refractivity (Wildman–Crippen MR) is 96.2 cm³/mol. The van der Waals surface area contributed by atoms with Gasteiger partial charge >= 0.3 is 0 Å². The van der Waals surface area contributed by atoms with E-state index in [4.69, 9.17) is 10.5 Å². The van der Waals surface area contributed by atoms with Gasteiger partial charge in [0.25, 0.3) is 5.91 Å². The van der Waals surface area contributed by atoms with Crippen LogP contribution in [0, 0.1) is 0 Å². The Hall–Kier alpha value is -2.53. The summed E-state index contributed by atoms with van der Waals surface area (Å²) in [6, 6.07) is 15.0. The number of anilines is 2. The molecule has 5 heteroatoms. The van der Waals surface area contributed by atoms with Crippen LogP contribution in [0.25, 0.3) is 0 Å². The predicted octanol–water partition coefficient (Wildman–Crippen LogP) is 2.69. The molecule has 0 aromatic heterocycles. The number of hydrogen-bond donors (Lipinski definition) is 1. The summed E-state index contributed by atoms with van der Waals surface area (Å²) in [6.45, 7) is 1.57. The summed E-state index contributed by atoms with van der Waals surface area (Å²) in [4.78, 5) is 16.9. The Kier molecular flexibility index (Phi) is 4.71. The minimum absolute atomic E-state index is 0.0303. The second-order valence-corrected chi connectivity index (χ2v) is 6.28. The highest BCUT2D eigenvalue weighted by Crippen LogP contribution is 2.40. The maximum Gasteiger partial charge on any atom is 0.272 e. The second kappa shape index (κ2) is 6.93. The van der Waals surface area contributed by atoms with Crippen molar-refractivity contribution in [1.29, 1.82) is 0 Å². The molecule has 3 rings (SSSR count).